The average molecular weight is 469 g/mol. The lowest BCUT2D eigenvalue weighted by Gasteiger charge is -2.12. The highest BCUT2D eigenvalue weighted by Crippen LogP contribution is 2.20. The molecule has 5 heteroatoms. The van der Waals surface area contributed by atoms with Crippen LogP contribution in [0.25, 0.3) is 0 Å². The Kier molecular flexibility index (Phi) is 11.7. The summed E-state index contributed by atoms with van der Waals surface area (Å²) in [5.41, 5.74) is 5.70. The quantitative estimate of drug-likeness (QED) is 0.166. The van der Waals surface area contributed by atoms with Crippen molar-refractivity contribution in [3.63, 3.8) is 0 Å². The smallest absolute Gasteiger partial charge is 0.333 e. The molecule has 0 amide bonds. The summed E-state index contributed by atoms with van der Waals surface area (Å²) in [4.78, 5) is 22.2. The van der Waals surface area contributed by atoms with Crippen molar-refractivity contribution in [3.8, 4) is 0 Å². The number of carbonyl (C=O) groups excluding carboxylic acids is 2. The van der Waals surface area contributed by atoms with Crippen LogP contribution in [-0.4, -0.2) is 30.6 Å². The Morgan fingerprint density at radius 1 is 1.03 bits per heavy atom. The van der Waals surface area contributed by atoms with Gasteiger partial charge in [-0.1, -0.05) is 43.8 Å². The molecular weight excluding hydrogens is 431 g/mol. The van der Waals surface area contributed by atoms with E-state index in [1.807, 2.05) is 12.1 Å². The number of carbonyl (C=O) groups is 2. The number of aryl methyl sites for hydroxylation is 5. The molecule has 1 atom stereocenters. The van der Waals surface area contributed by atoms with Gasteiger partial charge in [-0.15, -0.1) is 0 Å². The molecule has 0 saturated carbocycles. The van der Waals surface area contributed by atoms with Crippen LogP contribution < -0.4 is 0 Å². The van der Waals surface area contributed by atoms with E-state index in [9.17, 15) is 14.0 Å². The standard InChI is InChI=1S/C29H37FO4/c1-4-25-17-22(7-5-8-24(19-31)20-32)10-12-26(25)14-15-27-13-11-23(18-28(27)30)9-6-16-34-29(33)21(2)3/h10-13,17-19,24,32H,2,4-9,14-16,20H2,1,3H3. The molecule has 184 valence electrons. The zero-order chi connectivity index (χ0) is 24.9. The highest BCUT2D eigenvalue weighted by atomic mass is 19.1. The average Bonchev–Trinajstić information content (AvgIpc) is 2.84. The molecule has 1 N–H and O–H groups in total. The van der Waals surface area contributed by atoms with Gasteiger partial charge in [0, 0.05) is 11.5 Å². The van der Waals surface area contributed by atoms with Gasteiger partial charge < -0.3 is 14.6 Å². The monoisotopic (exact) mass is 468 g/mol. The lowest BCUT2D eigenvalue weighted by Crippen LogP contribution is -2.07. The summed E-state index contributed by atoms with van der Waals surface area (Å²) < 4.78 is 19.7. The number of hydrogen-bond donors (Lipinski definition) is 1. The molecule has 0 fully saturated rings. The van der Waals surface area contributed by atoms with Gasteiger partial charge in [-0.2, -0.15) is 0 Å². The van der Waals surface area contributed by atoms with Crippen molar-refractivity contribution in [2.45, 2.75) is 65.2 Å². The van der Waals surface area contributed by atoms with E-state index < -0.39 is 5.97 Å². The van der Waals surface area contributed by atoms with E-state index in [1.54, 1.807) is 13.0 Å². The molecule has 0 radical (unpaired) electrons. The number of aldehydes is 1. The summed E-state index contributed by atoms with van der Waals surface area (Å²) in [5.74, 6) is -0.862. The van der Waals surface area contributed by atoms with Crippen molar-refractivity contribution in [2.75, 3.05) is 13.2 Å². The van der Waals surface area contributed by atoms with Crippen molar-refractivity contribution in [2.24, 2.45) is 5.92 Å². The molecular formula is C29H37FO4. The largest absolute Gasteiger partial charge is 0.462 e. The maximum atomic E-state index is 14.7. The molecule has 0 heterocycles. The molecule has 0 aliphatic carbocycles. The molecule has 2 rings (SSSR count). The Morgan fingerprint density at radius 2 is 1.68 bits per heavy atom. The molecule has 0 spiro atoms. The third-order valence-electron chi connectivity index (χ3n) is 6.09. The number of esters is 1. The van der Waals surface area contributed by atoms with E-state index in [-0.39, 0.29) is 18.3 Å². The van der Waals surface area contributed by atoms with Gasteiger partial charge in [-0.3, -0.25) is 0 Å². The zero-order valence-corrected chi connectivity index (χ0v) is 20.4. The highest BCUT2D eigenvalue weighted by molar-refractivity contribution is 5.86. The third-order valence-corrected chi connectivity index (χ3v) is 6.09. The zero-order valence-electron chi connectivity index (χ0n) is 20.4. The Hall–Kier alpha value is -2.79. The maximum Gasteiger partial charge on any atom is 0.333 e. The van der Waals surface area contributed by atoms with Crippen LogP contribution in [0.4, 0.5) is 4.39 Å². The van der Waals surface area contributed by atoms with Gasteiger partial charge in [0.1, 0.15) is 12.1 Å². The summed E-state index contributed by atoms with van der Waals surface area (Å²) in [7, 11) is 0. The van der Waals surface area contributed by atoms with Crippen LogP contribution in [0.2, 0.25) is 0 Å². The summed E-state index contributed by atoms with van der Waals surface area (Å²) in [6, 6.07) is 11.8. The van der Waals surface area contributed by atoms with Gasteiger partial charge in [0.25, 0.3) is 0 Å². The van der Waals surface area contributed by atoms with E-state index in [2.05, 4.69) is 31.7 Å². The molecule has 4 nitrogen and oxygen atoms in total. The van der Waals surface area contributed by atoms with Crippen LogP contribution in [0, 0.1) is 11.7 Å². The minimum absolute atomic E-state index is 0.0922. The molecule has 34 heavy (non-hydrogen) atoms. The van der Waals surface area contributed by atoms with Crippen LogP contribution in [0.15, 0.2) is 48.6 Å². The van der Waals surface area contributed by atoms with Crippen LogP contribution >= 0.6 is 0 Å². The predicted octanol–water partition coefficient (Wildman–Crippen LogP) is 5.36. The Balaban J connectivity index is 1.88. The van der Waals surface area contributed by atoms with Crippen LogP contribution in [-0.2, 0) is 46.4 Å². The topological polar surface area (TPSA) is 63.6 Å². The van der Waals surface area contributed by atoms with E-state index in [0.717, 1.165) is 37.5 Å². The molecule has 2 aromatic rings. The van der Waals surface area contributed by atoms with Gasteiger partial charge in [-0.25, -0.2) is 9.18 Å². The summed E-state index contributed by atoms with van der Waals surface area (Å²) in [6.45, 7) is 7.49. The molecule has 0 aliphatic heterocycles. The maximum absolute atomic E-state index is 14.7. The van der Waals surface area contributed by atoms with Crippen molar-refractivity contribution in [1.82, 2.24) is 0 Å². The lowest BCUT2D eigenvalue weighted by molar-refractivity contribution is -0.139. The molecule has 0 aromatic heterocycles. The second kappa shape index (κ2) is 14.5. The first kappa shape index (κ1) is 27.5. The number of aliphatic hydroxyl groups is 1. The highest BCUT2D eigenvalue weighted by Gasteiger charge is 2.09. The fourth-order valence-corrected chi connectivity index (χ4v) is 3.96. The first-order valence-corrected chi connectivity index (χ1v) is 12.1. The molecule has 0 aliphatic rings. The Morgan fingerprint density at radius 3 is 2.29 bits per heavy atom. The summed E-state index contributed by atoms with van der Waals surface area (Å²) >= 11 is 0. The minimum atomic E-state index is -0.394. The fraction of sp³-hybridized carbons (Fsp3) is 0.448. The van der Waals surface area contributed by atoms with Crippen molar-refractivity contribution in [3.05, 3.63) is 82.2 Å². The lowest BCUT2D eigenvalue weighted by atomic mass is 9.93. The van der Waals surface area contributed by atoms with Crippen molar-refractivity contribution in [1.29, 1.82) is 0 Å². The first-order valence-electron chi connectivity index (χ1n) is 12.1. The normalized spacial score (nSPS) is 11.8. The van der Waals surface area contributed by atoms with Crippen molar-refractivity contribution < 1.29 is 23.8 Å². The van der Waals surface area contributed by atoms with Gasteiger partial charge in [-0.05, 0) is 92.2 Å². The third kappa shape index (κ3) is 8.86. The number of hydrogen-bond acceptors (Lipinski definition) is 4. The molecule has 0 bridgehead atoms. The number of aliphatic hydroxyl groups excluding tert-OH is 1. The van der Waals surface area contributed by atoms with E-state index >= 15 is 0 Å². The van der Waals surface area contributed by atoms with Crippen LogP contribution in [0.3, 0.4) is 0 Å². The summed E-state index contributed by atoms with van der Waals surface area (Å²) in [5, 5.41) is 9.14. The minimum Gasteiger partial charge on any atom is -0.462 e. The Labute approximate surface area is 202 Å². The predicted molar refractivity (Wildman–Crippen MR) is 133 cm³/mol. The van der Waals surface area contributed by atoms with Crippen LogP contribution in [0.1, 0.15) is 60.9 Å². The van der Waals surface area contributed by atoms with Crippen LogP contribution in [0.5, 0.6) is 0 Å². The van der Waals surface area contributed by atoms with E-state index in [4.69, 9.17) is 9.84 Å². The molecule has 0 saturated heterocycles. The molecule has 1 unspecified atom stereocenters. The van der Waals surface area contributed by atoms with Crippen molar-refractivity contribution >= 4 is 12.3 Å². The van der Waals surface area contributed by atoms with Gasteiger partial charge >= 0.3 is 5.97 Å². The number of benzene rings is 2. The number of rotatable bonds is 15. The fourth-order valence-electron chi connectivity index (χ4n) is 3.96. The first-order chi connectivity index (χ1) is 16.4. The number of ether oxygens (including phenoxy) is 1. The number of halogens is 1. The Bertz CT molecular complexity index is 967. The van der Waals surface area contributed by atoms with E-state index in [0.29, 0.717) is 43.4 Å². The molecule has 2 aromatic carbocycles. The second-order valence-corrected chi connectivity index (χ2v) is 8.87. The SMILES string of the molecule is C=C(C)C(=O)OCCCc1ccc(CCc2ccc(CCCC(C=O)CO)cc2CC)c(F)c1. The second-order valence-electron chi connectivity index (χ2n) is 8.87. The van der Waals surface area contributed by atoms with Gasteiger partial charge in [0.05, 0.1) is 13.2 Å². The van der Waals surface area contributed by atoms with Gasteiger partial charge in [0.15, 0.2) is 0 Å². The summed E-state index contributed by atoms with van der Waals surface area (Å²) in [6.07, 6.45) is 6.86. The van der Waals surface area contributed by atoms with E-state index in [1.165, 1.54) is 16.7 Å². The van der Waals surface area contributed by atoms with Gasteiger partial charge in [0.2, 0.25) is 0 Å².